The van der Waals surface area contributed by atoms with Crippen LogP contribution < -0.4 is 4.74 Å². The molecule has 0 N–H and O–H groups in total. The van der Waals surface area contributed by atoms with Crippen LogP contribution in [0.4, 0.5) is 0 Å². The summed E-state index contributed by atoms with van der Waals surface area (Å²) < 4.78 is 21.3. The first kappa shape index (κ1) is 17.0. The number of benzene rings is 1. The van der Waals surface area contributed by atoms with Crippen LogP contribution in [0.25, 0.3) is 0 Å². The van der Waals surface area contributed by atoms with Crippen molar-refractivity contribution in [1.82, 2.24) is 0 Å². The van der Waals surface area contributed by atoms with Crippen molar-refractivity contribution in [2.45, 2.75) is 32.2 Å². The summed E-state index contributed by atoms with van der Waals surface area (Å²) in [5.41, 5.74) is 0.927. The second-order valence-electron chi connectivity index (χ2n) is 5.13. The molecular formula is C17H20O6. The molecule has 6 nitrogen and oxygen atoms in total. The summed E-state index contributed by atoms with van der Waals surface area (Å²) in [6, 6.07) is 7.46. The molecule has 2 rings (SSSR count). The Labute approximate surface area is 135 Å². The minimum absolute atomic E-state index is 0.0181. The van der Waals surface area contributed by atoms with Crippen molar-refractivity contribution in [3.8, 4) is 5.75 Å². The predicted molar refractivity (Wildman–Crippen MR) is 81.9 cm³/mol. The molecule has 0 aromatic heterocycles. The number of hydrogen-bond donors (Lipinski definition) is 0. The highest BCUT2D eigenvalue weighted by Crippen LogP contribution is 2.29. The van der Waals surface area contributed by atoms with Gasteiger partial charge in [0.25, 0.3) is 0 Å². The molecule has 3 atom stereocenters. The van der Waals surface area contributed by atoms with Crippen LogP contribution >= 0.6 is 0 Å². The third kappa shape index (κ3) is 4.82. The van der Waals surface area contributed by atoms with Crippen LogP contribution in [0.15, 0.2) is 36.4 Å². The van der Waals surface area contributed by atoms with Crippen LogP contribution in [-0.2, 0) is 23.8 Å². The molecule has 1 aliphatic heterocycles. The average Bonchev–Trinajstić information content (AvgIpc) is 2.53. The van der Waals surface area contributed by atoms with Gasteiger partial charge in [0.1, 0.15) is 30.7 Å². The van der Waals surface area contributed by atoms with Gasteiger partial charge in [-0.05, 0) is 23.8 Å². The van der Waals surface area contributed by atoms with Gasteiger partial charge in [0, 0.05) is 13.8 Å². The zero-order valence-electron chi connectivity index (χ0n) is 13.4. The summed E-state index contributed by atoms with van der Waals surface area (Å²) in [4.78, 5) is 22.2. The van der Waals surface area contributed by atoms with E-state index in [0.717, 1.165) is 11.3 Å². The van der Waals surface area contributed by atoms with Gasteiger partial charge in [-0.1, -0.05) is 18.2 Å². The Morgan fingerprint density at radius 1 is 1.09 bits per heavy atom. The van der Waals surface area contributed by atoms with Crippen molar-refractivity contribution < 1.29 is 28.5 Å². The van der Waals surface area contributed by atoms with E-state index in [-0.39, 0.29) is 12.7 Å². The van der Waals surface area contributed by atoms with E-state index in [2.05, 4.69) is 0 Å². The lowest BCUT2D eigenvalue weighted by atomic mass is 10.0. The van der Waals surface area contributed by atoms with Gasteiger partial charge >= 0.3 is 11.9 Å². The normalized spacial score (nSPS) is 23.2. The highest BCUT2D eigenvalue weighted by molar-refractivity contribution is 5.66. The second kappa shape index (κ2) is 7.78. The largest absolute Gasteiger partial charge is 0.497 e. The predicted octanol–water partition coefficient (Wildman–Crippen LogP) is 2.19. The SMILES string of the molecule is COc1ccc([C@H]2C=C[C@H](OC(C)=O)[C@@H](COC(C)=O)O2)cc1. The van der Waals surface area contributed by atoms with Crippen LogP contribution in [0, 0.1) is 0 Å². The molecule has 1 aromatic rings. The molecule has 0 aliphatic carbocycles. The van der Waals surface area contributed by atoms with Gasteiger partial charge in [0.2, 0.25) is 0 Å². The summed E-state index contributed by atoms with van der Waals surface area (Å²) in [6.07, 6.45) is 2.13. The first-order valence-corrected chi connectivity index (χ1v) is 7.28. The van der Waals surface area contributed by atoms with Gasteiger partial charge in [-0.2, -0.15) is 0 Å². The molecule has 0 saturated carbocycles. The van der Waals surface area contributed by atoms with Crippen molar-refractivity contribution in [3.63, 3.8) is 0 Å². The van der Waals surface area contributed by atoms with Gasteiger partial charge in [0.05, 0.1) is 7.11 Å². The Morgan fingerprint density at radius 2 is 1.78 bits per heavy atom. The molecule has 1 heterocycles. The maximum Gasteiger partial charge on any atom is 0.303 e. The van der Waals surface area contributed by atoms with E-state index in [9.17, 15) is 9.59 Å². The Morgan fingerprint density at radius 3 is 2.35 bits per heavy atom. The van der Waals surface area contributed by atoms with E-state index in [4.69, 9.17) is 18.9 Å². The topological polar surface area (TPSA) is 71.1 Å². The zero-order chi connectivity index (χ0) is 16.8. The number of carbonyl (C=O) groups excluding carboxylic acids is 2. The highest BCUT2D eigenvalue weighted by atomic mass is 16.6. The number of rotatable bonds is 5. The average molecular weight is 320 g/mol. The van der Waals surface area contributed by atoms with E-state index >= 15 is 0 Å². The summed E-state index contributed by atoms with van der Waals surface area (Å²) in [5, 5.41) is 0. The fourth-order valence-electron chi connectivity index (χ4n) is 2.27. The smallest absolute Gasteiger partial charge is 0.303 e. The van der Waals surface area contributed by atoms with Crippen molar-refractivity contribution in [1.29, 1.82) is 0 Å². The fourth-order valence-corrected chi connectivity index (χ4v) is 2.27. The molecule has 1 aromatic carbocycles. The lowest BCUT2D eigenvalue weighted by Gasteiger charge is -2.31. The van der Waals surface area contributed by atoms with Gasteiger partial charge in [-0.3, -0.25) is 9.59 Å². The Kier molecular flexibility index (Phi) is 5.76. The first-order chi connectivity index (χ1) is 11.0. The number of esters is 2. The standard InChI is InChI=1S/C17H20O6/c1-11(18)21-10-17-16(22-12(2)19)9-8-15(23-17)13-4-6-14(20-3)7-5-13/h4-9,15-17H,10H2,1-3H3/t15-,16+,17-/m1/s1. The summed E-state index contributed by atoms with van der Waals surface area (Å²) >= 11 is 0. The third-order valence-corrected chi connectivity index (χ3v) is 3.36. The molecule has 0 radical (unpaired) electrons. The first-order valence-electron chi connectivity index (χ1n) is 7.28. The van der Waals surface area contributed by atoms with E-state index in [1.807, 2.05) is 30.3 Å². The molecule has 124 valence electrons. The number of hydrogen-bond acceptors (Lipinski definition) is 6. The molecule has 0 unspecified atom stereocenters. The maximum atomic E-state index is 11.2. The molecule has 1 aliphatic rings. The highest BCUT2D eigenvalue weighted by Gasteiger charge is 2.31. The maximum absolute atomic E-state index is 11.2. The summed E-state index contributed by atoms with van der Waals surface area (Å²) in [7, 11) is 1.60. The van der Waals surface area contributed by atoms with Gasteiger partial charge < -0.3 is 18.9 Å². The van der Waals surface area contributed by atoms with Crippen LogP contribution in [0.3, 0.4) is 0 Å². The van der Waals surface area contributed by atoms with Crippen LogP contribution in [0.1, 0.15) is 25.5 Å². The van der Waals surface area contributed by atoms with Gasteiger partial charge in [-0.15, -0.1) is 0 Å². The lowest BCUT2D eigenvalue weighted by Crippen LogP contribution is -2.39. The van der Waals surface area contributed by atoms with Gasteiger partial charge in [-0.25, -0.2) is 0 Å². The Balaban J connectivity index is 2.13. The van der Waals surface area contributed by atoms with E-state index < -0.39 is 24.1 Å². The molecule has 6 heteroatoms. The van der Waals surface area contributed by atoms with E-state index in [1.165, 1.54) is 13.8 Å². The fraction of sp³-hybridized carbons (Fsp3) is 0.412. The van der Waals surface area contributed by atoms with Crippen molar-refractivity contribution in [3.05, 3.63) is 42.0 Å². The van der Waals surface area contributed by atoms with E-state index in [0.29, 0.717) is 0 Å². The van der Waals surface area contributed by atoms with E-state index in [1.54, 1.807) is 13.2 Å². The van der Waals surface area contributed by atoms with Crippen molar-refractivity contribution in [2.24, 2.45) is 0 Å². The molecular weight excluding hydrogens is 300 g/mol. The number of ether oxygens (including phenoxy) is 4. The van der Waals surface area contributed by atoms with Gasteiger partial charge in [0.15, 0.2) is 0 Å². The molecule has 0 saturated heterocycles. The van der Waals surface area contributed by atoms with Crippen LogP contribution in [0.2, 0.25) is 0 Å². The third-order valence-electron chi connectivity index (χ3n) is 3.36. The lowest BCUT2D eigenvalue weighted by molar-refractivity contribution is -0.163. The second-order valence-corrected chi connectivity index (χ2v) is 5.13. The summed E-state index contributed by atoms with van der Waals surface area (Å²) in [6.45, 7) is 2.66. The van der Waals surface area contributed by atoms with Crippen molar-refractivity contribution >= 4 is 11.9 Å². The van der Waals surface area contributed by atoms with Crippen molar-refractivity contribution in [2.75, 3.05) is 13.7 Å². The van der Waals surface area contributed by atoms with Crippen LogP contribution in [-0.4, -0.2) is 37.9 Å². The Hall–Kier alpha value is -2.34. The number of methoxy groups -OCH3 is 1. The molecule has 0 bridgehead atoms. The number of carbonyl (C=O) groups is 2. The molecule has 0 spiro atoms. The Bertz CT molecular complexity index is 577. The molecule has 0 amide bonds. The quantitative estimate of drug-likeness (QED) is 0.612. The minimum atomic E-state index is -0.582. The molecule has 23 heavy (non-hydrogen) atoms. The monoisotopic (exact) mass is 320 g/mol. The zero-order valence-corrected chi connectivity index (χ0v) is 13.4. The molecule has 0 fully saturated rings. The minimum Gasteiger partial charge on any atom is -0.497 e. The van der Waals surface area contributed by atoms with Crippen LogP contribution in [0.5, 0.6) is 5.75 Å². The summed E-state index contributed by atoms with van der Waals surface area (Å²) in [5.74, 6) is -0.0764.